The third-order valence-corrected chi connectivity index (χ3v) is 7.03. The lowest BCUT2D eigenvalue weighted by molar-refractivity contribution is -0.131. The number of halogens is 1. The van der Waals surface area contributed by atoms with Gasteiger partial charge in [0.2, 0.25) is 18.6 Å². The zero-order valence-electron chi connectivity index (χ0n) is 21.9. The smallest absolute Gasteiger partial charge is 0.231 e. The van der Waals surface area contributed by atoms with Gasteiger partial charge in [-0.2, -0.15) is 9.97 Å². The lowest BCUT2D eigenvalue weighted by Gasteiger charge is -2.23. The monoisotopic (exact) mass is 531 g/mol. The van der Waals surface area contributed by atoms with Crippen molar-refractivity contribution in [3.8, 4) is 11.5 Å². The van der Waals surface area contributed by atoms with E-state index in [-0.39, 0.29) is 24.4 Å². The van der Waals surface area contributed by atoms with Gasteiger partial charge in [-0.25, -0.2) is 9.37 Å². The summed E-state index contributed by atoms with van der Waals surface area (Å²) in [5, 5.41) is 3.42. The lowest BCUT2D eigenvalue weighted by atomic mass is 10.2. The fourth-order valence-electron chi connectivity index (χ4n) is 4.52. The second kappa shape index (κ2) is 10.4. The molecule has 0 atom stereocenters. The molecule has 0 unspecified atom stereocenters. The summed E-state index contributed by atoms with van der Waals surface area (Å²) in [6.07, 6.45) is 3.69. The molecule has 6 rings (SSSR count). The van der Waals surface area contributed by atoms with Gasteiger partial charge in [-0.3, -0.25) is 4.79 Å². The van der Waals surface area contributed by atoms with Gasteiger partial charge in [0.15, 0.2) is 28.5 Å². The fourth-order valence-corrected chi connectivity index (χ4v) is 4.52. The number of hydrogen-bond donors (Lipinski definition) is 1. The first-order valence-corrected chi connectivity index (χ1v) is 13.0. The molecule has 3 heterocycles. The fraction of sp³-hybridized carbons (Fsp3) is 0.357. The van der Waals surface area contributed by atoms with Gasteiger partial charge >= 0.3 is 0 Å². The molecule has 0 spiro atoms. The number of benzene rings is 2. The molecule has 4 aromatic rings. The van der Waals surface area contributed by atoms with Gasteiger partial charge in [-0.1, -0.05) is 18.2 Å². The van der Waals surface area contributed by atoms with E-state index in [2.05, 4.69) is 10.3 Å². The van der Waals surface area contributed by atoms with Crippen LogP contribution in [0.25, 0.3) is 11.2 Å². The summed E-state index contributed by atoms with van der Waals surface area (Å²) in [7, 11) is 3.76. The minimum atomic E-state index is -0.277. The van der Waals surface area contributed by atoms with Gasteiger partial charge in [-0.05, 0) is 48.2 Å². The van der Waals surface area contributed by atoms with Crippen LogP contribution in [0.2, 0.25) is 0 Å². The number of carbonyl (C=O) groups is 1. The summed E-state index contributed by atoms with van der Waals surface area (Å²) in [6, 6.07) is 12.2. The van der Waals surface area contributed by atoms with Crippen molar-refractivity contribution in [1.29, 1.82) is 0 Å². The van der Waals surface area contributed by atoms with Crippen LogP contribution >= 0.6 is 0 Å². The molecular formula is C28H30FN7O3. The normalized spacial score (nSPS) is 14.0. The highest BCUT2D eigenvalue weighted by molar-refractivity contribution is 5.84. The molecule has 1 fully saturated rings. The molecule has 1 amide bonds. The molecule has 11 heteroatoms. The van der Waals surface area contributed by atoms with Crippen molar-refractivity contribution in [2.45, 2.75) is 25.9 Å². The van der Waals surface area contributed by atoms with E-state index in [0.717, 1.165) is 35.5 Å². The van der Waals surface area contributed by atoms with Gasteiger partial charge in [0, 0.05) is 39.6 Å². The summed E-state index contributed by atoms with van der Waals surface area (Å²) in [6.45, 7) is 2.35. The molecule has 0 bridgehead atoms. The van der Waals surface area contributed by atoms with Gasteiger partial charge in [0.25, 0.3) is 0 Å². The molecule has 39 heavy (non-hydrogen) atoms. The number of fused-ring (bicyclic) bond motifs is 2. The highest BCUT2D eigenvalue weighted by Crippen LogP contribution is 2.33. The SMILES string of the molecule is CN(CCN(C)c1nc(NCc2ccc3c(c2)OCO3)c2ncn(Cc3ccc(F)cc3)c2n1)C(=O)C1CC1. The van der Waals surface area contributed by atoms with Gasteiger partial charge in [0.05, 0.1) is 12.9 Å². The maximum Gasteiger partial charge on any atom is 0.231 e. The third-order valence-electron chi connectivity index (χ3n) is 7.03. The summed E-state index contributed by atoms with van der Waals surface area (Å²) in [5.74, 6) is 2.67. The topological polar surface area (TPSA) is 97.6 Å². The number of nitrogens with one attached hydrogen (secondary N) is 1. The van der Waals surface area contributed by atoms with Crippen LogP contribution in [0.15, 0.2) is 48.8 Å². The quantitative estimate of drug-likeness (QED) is 0.331. The average molecular weight is 532 g/mol. The van der Waals surface area contributed by atoms with Gasteiger partial charge in [0.1, 0.15) is 5.82 Å². The van der Waals surface area contributed by atoms with Gasteiger partial charge < -0.3 is 29.2 Å². The second-order valence-electron chi connectivity index (χ2n) is 10.0. The van der Waals surface area contributed by atoms with Crippen LogP contribution in [-0.4, -0.2) is 64.3 Å². The van der Waals surface area contributed by atoms with Crippen LogP contribution in [0.1, 0.15) is 24.0 Å². The summed E-state index contributed by atoms with van der Waals surface area (Å²) >= 11 is 0. The Labute approximate surface area is 225 Å². The Morgan fingerprint density at radius 1 is 1.05 bits per heavy atom. The van der Waals surface area contributed by atoms with E-state index >= 15 is 0 Å². The number of aromatic nitrogens is 4. The highest BCUT2D eigenvalue weighted by Gasteiger charge is 2.32. The van der Waals surface area contributed by atoms with E-state index in [0.29, 0.717) is 49.1 Å². The molecular weight excluding hydrogens is 501 g/mol. The Hall–Kier alpha value is -4.41. The van der Waals surface area contributed by atoms with E-state index in [1.807, 2.05) is 41.8 Å². The van der Waals surface area contributed by atoms with Crippen LogP contribution in [-0.2, 0) is 17.9 Å². The van der Waals surface area contributed by atoms with E-state index in [1.165, 1.54) is 12.1 Å². The van der Waals surface area contributed by atoms with E-state index in [9.17, 15) is 9.18 Å². The summed E-state index contributed by atoms with van der Waals surface area (Å²) in [5.41, 5.74) is 3.23. The largest absolute Gasteiger partial charge is 0.454 e. The molecule has 0 radical (unpaired) electrons. The molecule has 0 saturated heterocycles. The Kier molecular flexibility index (Phi) is 6.64. The molecule has 2 aliphatic rings. The Morgan fingerprint density at radius 3 is 2.62 bits per heavy atom. The molecule has 10 nitrogen and oxygen atoms in total. The molecule has 202 valence electrons. The number of amides is 1. The van der Waals surface area contributed by atoms with Crippen molar-refractivity contribution in [2.75, 3.05) is 44.2 Å². The van der Waals surface area contributed by atoms with Crippen LogP contribution in [0.3, 0.4) is 0 Å². The predicted molar refractivity (Wildman–Crippen MR) is 144 cm³/mol. The molecule has 1 aliphatic heterocycles. The number of hydrogen-bond acceptors (Lipinski definition) is 8. The number of anilines is 2. The number of likely N-dealkylation sites (N-methyl/N-ethyl adjacent to an activating group) is 2. The minimum absolute atomic E-state index is 0.181. The maximum atomic E-state index is 13.4. The maximum absolute atomic E-state index is 13.4. The highest BCUT2D eigenvalue weighted by atomic mass is 19.1. The van der Waals surface area contributed by atoms with Crippen molar-refractivity contribution < 1.29 is 18.7 Å². The van der Waals surface area contributed by atoms with Crippen molar-refractivity contribution in [3.05, 3.63) is 65.7 Å². The van der Waals surface area contributed by atoms with Crippen molar-refractivity contribution >= 4 is 28.8 Å². The number of imidazole rings is 1. The first-order chi connectivity index (χ1) is 18.9. The van der Waals surface area contributed by atoms with Crippen molar-refractivity contribution in [2.24, 2.45) is 5.92 Å². The van der Waals surface area contributed by atoms with E-state index in [4.69, 9.17) is 19.4 Å². The molecule has 1 aliphatic carbocycles. The zero-order chi connectivity index (χ0) is 26.9. The molecule has 2 aromatic heterocycles. The zero-order valence-corrected chi connectivity index (χ0v) is 21.9. The van der Waals surface area contributed by atoms with E-state index in [1.54, 1.807) is 23.4 Å². The molecule has 2 aromatic carbocycles. The standard InChI is InChI=1S/C28H30FN7O3/c1-34(27(37)20-6-7-20)11-12-35(2)28-32-25(30-14-19-5-10-22-23(13-19)39-17-38-22)24-26(33-28)36(16-31-24)15-18-3-8-21(29)9-4-18/h3-5,8-10,13,16,20H,6-7,11-12,14-15,17H2,1-2H3,(H,30,32,33). The lowest BCUT2D eigenvalue weighted by Crippen LogP contribution is -2.36. The number of ether oxygens (including phenoxy) is 2. The van der Waals surface area contributed by atoms with Crippen LogP contribution < -0.4 is 19.7 Å². The minimum Gasteiger partial charge on any atom is -0.454 e. The van der Waals surface area contributed by atoms with E-state index < -0.39 is 0 Å². The first kappa shape index (κ1) is 24.9. The molecule has 1 saturated carbocycles. The Balaban J connectivity index is 1.26. The van der Waals surface area contributed by atoms with Crippen LogP contribution in [0.5, 0.6) is 11.5 Å². The Morgan fingerprint density at radius 2 is 1.82 bits per heavy atom. The van der Waals surface area contributed by atoms with Crippen LogP contribution in [0.4, 0.5) is 16.2 Å². The summed E-state index contributed by atoms with van der Waals surface area (Å²) in [4.78, 5) is 30.4. The number of nitrogens with zero attached hydrogens (tertiary/aromatic N) is 6. The second-order valence-corrected chi connectivity index (χ2v) is 10.0. The number of rotatable bonds is 10. The third kappa shape index (κ3) is 5.43. The number of carbonyl (C=O) groups excluding carboxylic acids is 1. The summed E-state index contributed by atoms with van der Waals surface area (Å²) < 4.78 is 26.3. The average Bonchev–Trinajstić information content (AvgIpc) is 3.56. The molecule has 1 N–H and O–H groups in total. The first-order valence-electron chi connectivity index (χ1n) is 13.0. The van der Waals surface area contributed by atoms with Crippen LogP contribution in [0, 0.1) is 11.7 Å². The van der Waals surface area contributed by atoms with Crippen molar-refractivity contribution in [1.82, 2.24) is 24.4 Å². The van der Waals surface area contributed by atoms with Crippen molar-refractivity contribution in [3.63, 3.8) is 0 Å². The predicted octanol–water partition coefficient (Wildman–Crippen LogP) is 3.66. The Bertz CT molecular complexity index is 1500. The van der Waals surface area contributed by atoms with Gasteiger partial charge in [-0.15, -0.1) is 0 Å².